The minimum Gasteiger partial charge on any atom is -0.367 e. The normalized spacial score (nSPS) is 29.5. The maximum Gasteiger partial charge on any atom is 0.251 e. The van der Waals surface area contributed by atoms with E-state index in [2.05, 4.69) is 4.90 Å². The Balaban J connectivity index is 1.91. The first-order chi connectivity index (χ1) is 8.51. The summed E-state index contributed by atoms with van der Waals surface area (Å²) in [7, 11) is 0. The van der Waals surface area contributed by atoms with Gasteiger partial charge in [-0.3, -0.25) is 14.5 Å². The number of ether oxygens (including phenoxy) is 1. The molecule has 18 heavy (non-hydrogen) atoms. The van der Waals surface area contributed by atoms with Gasteiger partial charge < -0.3 is 15.4 Å². The smallest absolute Gasteiger partial charge is 0.251 e. The van der Waals surface area contributed by atoms with Crippen LogP contribution in [0.25, 0.3) is 0 Å². The fraction of sp³-hybridized carbons (Fsp3) is 0.833. The summed E-state index contributed by atoms with van der Waals surface area (Å²) in [5, 5.41) is 0. The lowest BCUT2D eigenvalue weighted by molar-refractivity contribution is -0.160. The molecule has 6 nitrogen and oxygen atoms in total. The number of morpholine rings is 1. The van der Waals surface area contributed by atoms with E-state index in [1.165, 1.54) is 0 Å². The molecule has 0 aromatic carbocycles. The second-order valence-corrected chi connectivity index (χ2v) is 5.24. The molecule has 1 atom stereocenters. The van der Waals surface area contributed by atoms with Crippen LogP contribution < -0.4 is 5.73 Å². The van der Waals surface area contributed by atoms with Crippen molar-refractivity contribution in [2.45, 2.75) is 25.4 Å². The largest absolute Gasteiger partial charge is 0.367 e. The van der Waals surface area contributed by atoms with Gasteiger partial charge in [0, 0.05) is 6.54 Å². The zero-order chi connectivity index (χ0) is 13.2. The quantitative estimate of drug-likeness (QED) is 0.715. The summed E-state index contributed by atoms with van der Waals surface area (Å²) in [5.41, 5.74) is 4.27. The summed E-state index contributed by atoms with van der Waals surface area (Å²) in [6, 6.07) is 0. The van der Waals surface area contributed by atoms with Gasteiger partial charge in [-0.1, -0.05) is 0 Å². The fourth-order valence-electron chi connectivity index (χ4n) is 2.46. The fourth-order valence-corrected chi connectivity index (χ4v) is 2.46. The first-order valence-electron chi connectivity index (χ1n) is 6.45. The van der Waals surface area contributed by atoms with Crippen molar-refractivity contribution in [3.63, 3.8) is 0 Å². The number of likely N-dealkylation sites (tertiary alicyclic amines) is 1. The van der Waals surface area contributed by atoms with Gasteiger partial charge in [-0.25, -0.2) is 0 Å². The molecule has 2 fully saturated rings. The van der Waals surface area contributed by atoms with E-state index in [-0.39, 0.29) is 12.5 Å². The Morgan fingerprint density at radius 2 is 1.94 bits per heavy atom. The average Bonchev–Trinajstić information content (AvgIpc) is 2.81. The number of nitrogens with zero attached hydrogens (tertiary/aromatic N) is 2. The van der Waals surface area contributed by atoms with Crippen LogP contribution in [0.1, 0.15) is 19.8 Å². The van der Waals surface area contributed by atoms with Gasteiger partial charge in [0.2, 0.25) is 5.91 Å². The van der Waals surface area contributed by atoms with Crippen LogP contribution in [0.15, 0.2) is 0 Å². The lowest BCUT2D eigenvalue weighted by Crippen LogP contribution is -2.59. The molecule has 2 aliphatic heterocycles. The molecular weight excluding hydrogens is 234 g/mol. The molecule has 2 heterocycles. The van der Waals surface area contributed by atoms with Gasteiger partial charge in [0.05, 0.1) is 19.7 Å². The second kappa shape index (κ2) is 5.24. The summed E-state index contributed by atoms with van der Waals surface area (Å²) >= 11 is 0. The Morgan fingerprint density at radius 1 is 1.28 bits per heavy atom. The molecule has 2 amide bonds. The molecule has 2 rings (SSSR count). The predicted octanol–water partition coefficient (Wildman–Crippen LogP) is -0.815. The number of hydrogen-bond donors (Lipinski definition) is 1. The molecule has 0 aromatic rings. The molecule has 1 unspecified atom stereocenters. The molecular formula is C12H21N3O3. The number of primary amides is 1. The van der Waals surface area contributed by atoms with Crippen molar-refractivity contribution >= 4 is 11.8 Å². The van der Waals surface area contributed by atoms with Gasteiger partial charge in [-0.05, 0) is 32.9 Å². The molecule has 2 aliphatic rings. The van der Waals surface area contributed by atoms with Gasteiger partial charge in [0.1, 0.15) is 0 Å². The van der Waals surface area contributed by atoms with Crippen LogP contribution >= 0.6 is 0 Å². The molecule has 2 saturated heterocycles. The summed E-state index contributed by atoms with van der Waals surface area (Å²) in [6.45, 7) is 5.22. The van der Waals surface area contributed by atoms with Gasteiger partial charge in [-0.2, -0.15) is 0 Å². The van der Waals surface area contributed by atoms with E-state index in [4.69, 9.17) is 10.5 Å². The maximum atomic E-state index is 12.1. The Bertz CT molecular complexity index is 341. The zero-order valence-corrected chi connectivity index (χ0v) is 10.9. The third-order valence-electron chi connectivity index (χ3n) is 3.71. The summed E-state index contributed by atoms with van der Waals surface area (Å²) in [6.07, 6.45) is 2.32. The van der Waals surface area contributed by atoms with Crippen molar-refractivity contribution in [1.29, 1.82) is 0 Å². The van der Waals surface area contributed by atoms with E-state index >= 15 is 0 Å². The minimum atomic E-state index is -1.04. The third-order valence-corrected chi connectivity index (χ3v) is 3.71. The van der Waals surface area contributed by atoms with Crippen LogP contribution in [0.4, 0.5) is 0 Å². The number of rotatable bonds is 3. The van der Waals surface area contributed by atoms with Crippen LogP contribution in [-0.4, -0.2) is 66.5 Å². The van der Waals surface area contributed by atoms with Crippen molar-refractivity contribution in [3.05, 3.63) is 0 Å². The number of carbonyl (C=O) groups excluding carboxylic acids is 2. The van der Waals surface area contributed by atoms with E-state index in [1.54, 1.807) is 11.8 Å². The number of hydrogen-bond acceptors (Lipinski definition) is 4. The Morgan fingerprint density at radius 3 is 2.56 bits per heavy atom. The van der Waals surface area contributed by atoms with E-state index in [0.717, 1.165) is 25.9 Å². The van der Waals surface area contributed by atoms with Gasteiger partial charge >= 0.3 is 0 Å². The predicted molar refractivity (Wildman–Crippen MR) is 65.8 cm³/mol. The molecule has 0 aliphatic carbocycles. The Hall–Kier alpha value is -1.14. The second-order valence-electron chi connectivity index (χ2n) is 5.24. The average molecular weight is 255 g/mol. The van der Waals surface area contributed by atoms with E-state index in [9.17, 15) is 9.59 Å². The van der Waals surface area contributed by atoms with E-state index < -0.39 is 11.5 Å². The third kappa shape index (κ3) is 2.81. The molecule has 0 spiro atoms. The molecule has 102 valence electrons. The molecule has 0 bridgehead atoms. The highest BCUT2D eigenvalue weighted by molar-refractivity contribution is 5.85. The SMILES string of the molecule is CC1(C(N)=O)CN(C(=O)CN2CCCC2)CCO1. The van der Waals surface area contributed by atoms with Crippen molar-refractivity contribution < 1.29 is 14.3 Å². The molecule has 0 radical (unpaired) electrons. The first kappa shape index (κ1) is 13.3. The monoisotopic (exact) mass is 255 g/mol. The summed E-state index contributed by atoms with van der Waals surface area (Å²) in [4.78, 5) is 27.3. The van der Waals surface area contributed by atoms with E-state index in [1.807, 2.05) is 0 Å². The van der Waals surface area contributed by atoms with Crippen molar-refractivity contribution in [3.8, 4) is 0 Å². The van der Waals surface area contributed by atoms with Crippen molar-refractivity contribution in [2.24, 2.45) is 5.73 Å². The van der Waals surface area contributed by atoms with Crippen molar-refractivity contribution in [2.75, 3.05) is 39.3 Å². The molecule has 0 aromatic heterocycles. The maximum absolute atomic E-state index is 12.1. The Kier molecular flexibility index (Phi) is 3.87. The minimum absolute atomic E-state index is 0.0627. The van der Waals surface area contributed by atoms with Gasteiger partial charge in [0.25, 0.3) is 5.91 Å². The van der Waals surface area contributed by atoms with Crippen LogP contribution in [0.3, 0.4) is 0 Å². The number of amides is 2. The van der Waals surface area contributed by atoms with Crippen LogP contribution in [-0.2, 0) is 14.3 Å². The van der Waals surface area contributed by atoms with Crippen LogP contribution in [0.5, 0.6) is 0 Å². The lowest BCUT2D eigenvalue weighted by Gasteiger charge is -2.38. The topological polar surface area (TPSA) is 75.9 Å². The zero-order valence-electron chi connectivity index (χ0n) is 10.9. The lowest BCUT2D eigenvalue weighted by atomic mass is 10.0. The highest BCUT2D eigenvalue weighted by Crippen LogP contribution is 2.18. The number of carbonyl (C=O) groups is 2. The summed E-state index contributed by atoms with van der Waals surface area (Å²) in [5.74, 6) is -0.450. The number of nitrogens with two attached hydrogens (primary N) is 1. The van der Waals surface area contributed by atoms with Crippen LogP contribution in [0.2, 0.25) is 0 Å². The highest BCUT2D eigenvalue weighted by atomic mass is 16.5. The van der Waals surface area contributed by atoms with Gasteiger partial charge in [0.15, 0.2) is 5.60 Å². The molecule has 2 N–H and O–H groups in total. The molecule has 0 saturated carbocycles. The van der Waals surface area contributed by atoms with Gasteiger partial charge in [-0.15, -0.1) is 0 Å². The highest BCUT2D eigenvalue weighted by Gasteiger charge is 2.39. The molecule has 6 heteroatoms. The van der Waals surface area contributed by atoms with E-state index in [0.29, 0.717) is 19.7 Å². The van der Waals surface area contributed by atoms with Crippen LogP contribution in [0, 0.1) is 0 Å². The standard InChI is InChI=1S/C12H21N3O3/c1-12(11(13)17)9-15(6-7-18-12)10(16)8-14-4-2-3-5-14/h2-9H2,1H3,(H2,13,17). The Labute approximate surface area is 107 Å². The summed E-state index contributed by atoms with van der Waals surface area (Å²) < 4.78 is 5.40. The van der Waals surface area contributed by atoms with Crippen molar-refractivity contribution in [1.82, 2.24) is 9.80 Å². The first-order valence-corrected chi connectivity index (χ1v) is 6.45.